The Labute approximate surface area is 81.7 Å². The van der Waals surface area contributed by atoms with Gasteiger partial charge in [-0.05, 0) is 11.6 Å². The fourth-order valence-corrected chi connectivity index (χ4v) is 1.81. The van der Waals surface area contributed by atoms with Crippen molar-refractivity contribution in [3.05, 3.63) is 23.5 Å². The minimum atomic E-state index is 0.0218. The fourth-order valence-electron chi connectivity index (χ4n) is 1.65. The number of H-pyrrole nitrogens is 1. The summed E-state index contributed by atoms with van der Waals surface area (Å²) in [6, 6.07) is 2.02. The quantitative estimate of drug-likeness (QED) is 0.675. The van der Waals surface area contributed by atoms with Gasteiger partial charge in [0.15, 0.2) is 0 Å². The van der Waals surface area contributed by atoms with Gasteiger partial charge in [0.25, 0.3) is 0 Å². The smallest absolute Gasteiger partial charge is 0.237 e. The Kier molecular flexibility index (Phi) is 2.27. The molecule has 0 atom stereocenters. The highest BCUT2D eigenvalue weighted by atomic mass is 35.5. The van der Waals surface area contributed by atoms with E-state index in [0.29, 0.717) is 6.54 Å². The predicted molar refractivity (Wildman–Crippen MR) is 50.6 cm³/mol. The van der Waals surface area contributed by atoms with Crippen LogP contribution in [0.5, 0.6) is 0 Å². The second kappa shape index (κ2) is 3.42. The van der Waals surface area contributed by atoms with Crippen LogP contribution in [0.4, 0.5) is 0 Å². The molecule has 0 unspecified atom stereocenters. The highest BCUT2D eigenvalue weighted by molar-refractivity contribution is 6.27. The lowest BCUT2D eigenvalue weighted by atomic mass is 10.1. The van der Waals surface area contributed by atoms with Gasteiger partial charge in [-0.15, -0.1) is 11.6 Å². The van der Waals surface area contributed by atoms with Gasteiger partial charge in [0.2, 0.25) is 5.91 Å². The van der Waals surface area contributed by atoms with Gasteiger partial charge in [0.05, 0.1) is 0 Å². The molecule has 4 heteroatoms. The highest BCUT2D eigenvalue weighted by Crippen LogP contribution is 2.17. The van der Waals surface area contributed by atoms with Crippen molar-refractivity contribution in [2.24, 2.45) is 0 Å². The number of alkyl halides is 1. The van der Waals surface area contributed by atoms with Gasteiger partial charge in [-0.3, -0.25) is 4.79 Å². The fraction of sp³-hybridized carbons (Fsp3) is 0.444. The molecule has 3 nitrogen and oxygen atoms in total. The molecule has 70 valence electrons. The average Bonchev–Trinajstić information content (AvgIpc) is 2.63. The van der Waals surface area contributed by atoms with Crippen molar-refractivity contribution in [2.75, 3.05) is 12.4 Å². The van der Waals surface area contributed by atoms with Gasteiger partial charge in [-0.25, -0.2) is 0 Å². The summed E-state index contributed by atoms with van der Waals surface area (Å²) in [7, 11) is 0. The normalized spacial score (nSPS) is 15.6. The Bertz CT molecular complexity index is 321. The summed E-state index contributed by atoms with van der Waals surface area (Å²) in [5.74, 6) is 0.105. The Morgan fingerprint density at radius 3 is 3.31 bits per heavy atom. The number of nitrogens with zero attached hydrogens (tertiary/aromatic N) is 1. The van der Waals surface area contributed by atoms with Crippen molar-refractivity contribution in [1.29, 1.82) is 0 Å². The minimum absolute atomic E-state index is 0.0218. The maximum atomic E-state index is 11.3. The van der Waals surface area contributed by atoms with E-state index in [9.17, 15) is 4.79 Å². The van der Waals surface area contributed by atoms with Gasteiger partial charge in [-0.1, -0.05) is 0 Å². The average molecular weight is 199 g/mol. The van der Waals surface area contributed by atoms with Crippen molar-refractivity contribution < 1.29 is 4.79 Å². The first-order valence-electron chi connectivity index (χ1n) is 4.30. The molecular weight excluding hydrogens is 188 g/mol. The predicted octanol–water partition coefficient (Wildman–Crippen LogP) is 1.14. The zero-order valence-electron chi connectivity index (χ0n) is 7.22. The van der Waals surface area contributed by atoms with E-state index in [1.165, 1.54) is 11.3 Å². The van der Waals surface area contributed by atoms with Gasteiger partial charge in [0.1, 0.15) is 5.88 Å². The van der Waals surface area contributed by atoms with E-state index >= 15 is 0 Å². The van der Waals surface area contributed by atoms with Crippen LogP contribution < -0.4 is 0 Å². The summed E-state index contributed by atoms with van der Waals surface area (Å²) in [4.78, 5) is 16.2. The van der Waals surface area contributed by atoms with Crippen LogP contribution in [0.3, 0.4) is 0 Å². The van der Waals surface area contributed by atoms with Crippen molar-refractivity contribution in [1.82, 2.24) is 9.88 Å². The second-order valence-electron chi connectivity index (χ2n) is 3.18. The van der Waals surface area contributed by atoms with Crippen molar-refractivity contribution >= 4 is 17.5 Å². The first kappa shape index (κ1) is 8.63. The van der Waals surface area contributed by atoms with Crippen LogP contribution in [0.15, 0.2) is 12.3 Å². The molecule has 1 aromatic heterocycles. The summed E-state index contributed by atoms with van der Waals surface area (Å²) in [6.07, 6.45) is 2.82. The molecule has 1 aliphatic heterocycles. The molecule has 1 N–H and O–H groups in total. The molecule has 0 bridgehead atoms. The van der Waals surface area contributed by atoms with E-state index in [4.69, 9.17) is 11.6 Å². The molecule has 0 radical (unpaired) electrons. The standard InChI is InChI=1S/C9H11ClN2O/c10-5-9(13)12-4-2-8-7(6-12)1-3-11-8/h1,3,11H,2,4-6H2. The minimum Gasteiger partial charge on any atom is -0.365 e. The topological polar surface area (TPSA) is 36.1 Å². The number of rotatable bonds is 1. The third-order valence-electron chi connectivity index (χ3n) is 2.39. The molecule has 0 spiro atoms. The van der Waals surface area contributed by atoms with Crippen LogP contribution in [-0.2, 0) is 17.8 Å². The van der Waals surface area contributed by atoms with Crippen molar-refractivity contribution in [2.45, 2.75) is 13.0 Å². The van der Waals surface area contributed by atoms with Crippen molar-refractivity contribution in [3.63, 3.8) is 0 Å². The van der Waals surface area contributed by atoms with Crippen LogP contribution >= 0.6 is 11.6 Å². The number of aromatic amines is 1. The summed E-state index contributed by atoms with van der Waals surface area (Å²) in [5, 5.41) is 0. The lowest BCUT2D eigenvalue weighted by Crippen LogP contribution is -2.36. The summed E-state index contributed by atoms with van der Waals surface area (Å²) in [5.41, 5.74) is 2.46. The van der Waals surface area contributed by atoms with Crippen LogP contribution in [0.25, 0.3) is 0 Å². The number of aromatic nitrogens is 1. The molecule has 1 amide bonds. The van der Waals surface area contributed by atoms with Crippen LogP contribution in [0, 0.1) is 0 Å². The maximum absolute atomic E-state index is 11.3. The first-order chi connectivity index (χ1) is 6.31. The molecule has 2 heterocycles. The van der Waals surface area contributed by atoms with Gasteiger partial charge >= 0.3 is 0 Å². The molecule has 1 aliphatic rings. The van der Waals surface area contributed by atoms with E-state index in [2.05, 4.69) is 4.98 Å². The Morgan fingerprint density at radius 2 is 2.54 bits per heavy atom. The zero-order chi connectivity index (χ0) is 9.26. The number of hydrogen-bond acceptors (Lipinski definition) is 1. The first-order valence-corrected chi connectivity index (χ1v) is 4.83. The number of nitrogens with one attached hydrogen (secondary N) is 1. The van der Waals surface area contributed by atoms with Crippen LogP contribution in [0.2, 0.25) is 0 Å². The Morgan fingerprint density at radius 1 is 1.69 bits per heavy atom. The van der Waals surface area contributed by atoms with Crippen LogP contribution in [-0.4, -0.2) is 28.2 Å². The monoisotopic (exact) mass is 198 g/mol. The summed E-state index contributed by atoms with van der Waals surface area (Å²) < 4.78 is 0. The molecule has 1 aromatic rings. The second-order valence-corrected chi connectivity index (χ2v) is 3.45. The SMILES string of the molecule is O=C(CCl)N1CCc2[nH]ccc2C1. The molecule has 0 aliphatic carbocycles. The Hall–Kier alpha value is -0.960. The number of amides is 1. The number of fused-ring (bicyclic) bond motifs is 1. The molecule has 0 saturated carbocycles. The zero-order valence-corrected chi connectivity index (χ0v) is 7.97. The van der Waals surface area contributed by atoms with E-state index in [1.807, 2.05) is 12.3 Å². The van der Waals surface area contributed by atoms with E-state index in [0.717, 1.165) is 13.0 Å². The van der Waals surface area contributed by atoms with Gasteiger partial charge < -0.3 is 9.88 Å². The molecule has 0 aromatic carbocycles. The highest BCUT2D eigenvalue weighted by Gasteiger charge is 2.19. The van der Waals surface area contributed by atoms with Gasteiger partial charge in [-0.2, -0.15) is 0 Å². The molecule has 13 heavy (non-hydrogen) atoms. The summed E-state index contributed by atoms with van der Waals surface area (Å²) in [6.45, 7) is 1.48. The largest absolute Gasteiger partial charge is 0.365 e. The number of hydrogen-bond donors (Lipinski definition) is 1. The maximum Gasteiger partial charge on any atom is 0.237 e. The lowest BCUT2D eigenvalue weighted by Gasteiger charge is -2.26. The van der Waals surface area contributed by atoms with E-state index < -0.39 is 0 Å². The van der Waals surface area contributed by atoms with E-state index in [1.54, 1.807) is 4.90 Å². The van der Waals surface area contributed by atoms with E-state index in [-0.39, 0.29) is 11.8 Å². The molecule has 2 rings (SSSR count). The lowest BCUT2D eigenvalue weighted by molar-refractivity contribution is -0.129. The Balaban J connectivity index is 2.13. The van der Waals surface area contributed by atoms with Crippen molar-refractivity contribution in [3.8, 4) is 0 Å². The number of carbonyl (C=O) groups is 1. The molecule has 0 saturated heterocycles. The molecule has 0 fully saturated rings. The van der Waals surface area contributed by atoms with Gasteiger partial charge in [0, 0.05) is 31.4 Å². The molecular formula is C9H11ClN2O. The van der Waals surface area contributed by atoms with Crippen LogP contribution in [0.1, 0.15) is 11.3 Å². The number of halogens is 1. The third-order valence-corrected chi connectivity index (χ3v) is 2.62. The third kappa shape index (κ3) is 1.56. The number of carbonyl (C=O) groups excluding carboxylic acids is 1. The summed E-state index contributed by atoms with van der Waals surface area (Å²) >= 11 is 5.49.